The molecule has 0 aliphatic carbocycles. The van der Waals surface area contributed by atoms with Gasteiger partial charge in [0.25, 0.3) is 0 Å². The summed E-state index contributed by atoms with van der Waals surface area (Å²) in [6.45, 7) is 28.8. The number of hydrogen-bond donors (Lipinski definition) is 2. The minimum Gasteiger partial charge on any atom is -0.507 e. The fourth-order valence-electron chi connectivity index (χ4n) is 5.72. The quantitative estimate of drug-likeness (QED) is 0.194. The monoisotopic (exact) mass is 599 g/mol. The first kappa shape index (κ1) is 35.7. The van der Waals surface area contributed by atoms with Crippen molar-refractivity contribution in [3.8, 4) is 11.5 Å². The van der Waals surface area contributed by atoms with Gasteiger partial charge in [-0.15, -0.1) is 0 Å². The second kappa shape index (κ2) is 13.7. The number of phenols is 2. The van der Waals surface area contributed by atoms with Gasteiger partial charge in [0.05, 0.1) is 0 Å². The van der Waals surface area contributed by atoms with Crippen molar-refractivity contribution in [1.29, 1.82) is 0 Å². The molecular formula is C41H61NO2. The lowest BCUT2D eigenvalue weighted by Gasteiger charge is -2.33. The molecular weight excluding hydrogens is 538 g/mol. The Hall–Kier alpha value is -2.78. The number of benzene rings is 3. The summed E-state index contributed by atoms with van der Waals surface area (Å²) in [6, 6.07) is 19.5. The number of aromatic hydroxyl groups is 2. The van der Waals surface area contributed by atoms with Crippen molar-refractivity contribution in [2.24, 2.45) is 0 Å². The molecule has 0 aliphatic heterocycles. The van der Waals surface area contributed by atoms with Gasteiger partial charge in [-0.05, 0) is 64.0 Å². The predicted molar refractivity (Wildman–Crippen MR) is 189 cm³/mol. The third kappa shape index (κ3) is 7.89. The van der Waals surface area contributed by atoms with E-state index in [-0.39, 0.29) is 21.7 Å². The van der Waals surface area contributed by atoms with Crippen LogP contribution in [0.1, 0.15) is 148 Å². The number of phenolic OH excluding ortho intramolecular Hbond substituents is 2. The summed E-state index contributed by atoms with van der Waals surface area (Å²) in [5, 5.41) is 23.7. The van der Waals surface area contributed by atoms with Crippen LogP contribution < -0.4 is 0 Å². The lowest BCUT2D eigenvalue weighted by atomic mass is 9.75. The van der Waals surface area contributed by atoms with Gasteiger partial charge in [-0.2, -0.15) is 0 Å². The highest BCUT2D eigenvalue weighted by Crippen LogP contribution is 2.43. The summed E-state index contributed by atoms with van der Waals surface area (Å²) in [5.74, 6) is 0.812. The van der Waals surface area contributed by atoms with Gasteiger partial charge >= 0.3 is 0 Å². The molecule has 242 valence electrons. The van der Waals surface area contributed by atoms with Gasteiger partial charge in [0, 0.05) is 41.9 Å². The Morgan fingerprint density at radius 3 is 1.20 bits per heavy atom. The minimum absolute atomic E-state index is 0.00967. The molecule has 3 aromatic carbocycles. The topological polar surface area (TPSA) is 43.7 Å². The Bertz CT molecular complexity index is 1310. The van der Waals surface area contributed by atoms with E-state index < -0.39 is 0 Å². The molecule has 2 N–H and O–H groups in total. The predicted octanol–water partition coefficient (Wildman–Crippen LogP) is 11.1. The molecule has 0 aromatic heterocycles. The molecule has 0 bridgehead atoms. The Morgan fingerprint density at radius 1 is 0.500 bits per heavy atom. The standard InChI is InChI=1S/C41H61NO2/c1-13-38(5,6)32-22-30(36(43)34(24-32)40(9,10)15-3)27-42(26-29-20-18-17-19-21-29)28-31-23-33(39(7,8)14-2)25-35(37(31)44)41(11,12)16-4/h17-25,43-44H,13-16,26-28H2,1-12H3. The van der Waals surface area contributed by atoms with Crippen LogP contribution in [0.4, 0.5) is 0 Å². The van der Waals surface area contributed by atoms with Gasteiger partial charge in [-0.3, -0.25) is 4.90 Å². The first-order valence-electron chi connectivity index (χ1n) is 16.9. The SMILES string of the molecule is CCC(C)(C)c1cc(CN(Cc2ccccc2)Cc2cc(C(C)(C)CC)cc(C(C)(C)CC)c2O)c(O)c(C(C)(C)CC)c1. The van der Waals surface area contributed by atoms with Crippen molar-refractivity contribution in [1.82, 2.24) is 4.90 Å². The van der Waals surface area contributed by atoms with E-state index in [1.165, 1.54) is 16.7 Å². The normalized spacial score (nSPS) is 13.1. The van der Waals surface area contributed by atoms with E-state index in [9.17, 15) is 10.2 Å². The number of hydrogen-bond acceptors (Lipinski definition) is 3. The summed E-state index contributed by atoms with van der Waals surface area (Å²) in [5.41, 5.74) is 7.38. The van der Waals surface area contributed by atoms with Gasteiger partial charge in [0.2, 0.25) is 0 Å². The third-order valence-corrected chi connectivity index (χ3v) is 11.0. The van der Waals surface area contributed by atoms with Crippen LogP contribution >= 0.6 is 0 Å². The van der Waals surface area contributed by atoms with Crippen molar-refractivity contribution in [2.45, 2.75) is 150 Å². The smallest absolute Gasteiger partial charge is 0.123 e. The first-order chi connectivity index (χ1) is 20.4. The number of nitrogens with zero attached hydrogens (tertiary/aromatic N) is 1. The zero-order chi connectivity index (χ0) is 33.1. The van der Waals surface area contributed by atoms with Crippen molar-refractivity contribution >= 4 is 0 Å². The van der Waals surface area contributed by atoms with E-state index in [4.69, 9.17) is 0 Å². The first-order valence-corrected chi connectivity index (χ1v) is 16.9. The van der Waals surface area contributed by atoms with Crippen LogP contribution in [-0.2, 0) is 41.3 Å². The summed E-state index contributed by atoms with van der Waals surface area (Å²) in [4.78, 5) is 2.39. The molecule has 0 saturated carbocycles. The van der Waals surface area contributed by atoms with E-state index in [1.54, 1.807) is 0 Å². The highest BCUT2D eigenvalue weighted by molar-refractivity contribution is 5.51. The summed E-state index contributed by atoms with van der Waals surface area (Å²) < 4.78 is 0. The Kier molecular flexibility index (Phi) is 11.1. The maximum Gasteiger partial charge on any atom is 0.123 e. The van der Waals surface area contributed by atoms with Crippen LogP contribution in [0.3, 0.4) is 0 Å². The van der Waals surface area contributed by atoms with Crippen LogP contribution in [-0.4, -0.2) is 15.1 Å². The summed E-state index contributed by atoms with van der Waals surface area (Å²) >= 11 is 0. The molecule has 3 heteroatoms. The van der Waals surface area contributed by atoms with Crippen molar-refractivity contribution in [3.05, 3.63) is 93.5 Å². The average molecular weight is 600 g/mol. The van der Waals surface area contributed by atoms with Crippen LogP contribution in [0.2, 0.25) is 0 Å². The van der Waals surface area contributed by atoms with Crippen LogP contribution in [0.25, 0.3) is 0 Å². The maximum absolute atomic E-state index is 11.8. The molecule has 0 radical (unpaired) electrons. The Morgan fingerprint density at radius 2 is 0.864 bits per heavy atom. The number of rotatable bonds is 14. The molecule has 0 fully saturated rings. The maximum atomic E-state index is 11.8. The highest BCUT2D eigenvalue weighted by Gasteiger charge is 2.31. The fraction of sp³-hybridized carbons (Fsp3) is 0.561. The van der Waals surface area contributed by atoms with Crippen LogP contribution in [0.5, 0.6) is 11.5 Å². The lowest BCUT2D eigenvalue weighted by Crippen LogP contribution is -2.26. The summed E-state index contributed by atoms with van der Waals surface area (Å²) in [7, 11) is 0. The van der Waals surface area contributed by atoms with E-state index in [1.807, 2.05) is 0 Å². The molecule has 0 atom stereocenters. The molecule has 3 aromatic rings. The average Bonchev–Trinajstić information content (AvgIpc) is 2.99. The molecule has 3 rings (SSSR count). The van der Waals surface area contributed by atoms with Gasteiger partial charge < -0.3 is 10.2 Å². The van der Waals surface area contributed by atoms with E-state index >= 15 is 0 Å². The van der Waals surface area contributed by atoms with E-state index in [0.29, 0.717) is 31.1 Å². The zero-order valence-corrected chi connectivity index (χ0v) is 30.0. The molecule has 44 heavy (non-hydrogen) atoms. The molecule has 3 nitrogen and oxygen atoms in total. The summed E-state index contributed by atoms with van der Waals surface area (Å²) in [6.07, 6.45) is 3.91. The second-order valence-corrected chi connectivity index (χ2v) is 15.6. The molecule has 0 saturated heterocycles. The van der Waals surface area contributed by atoms with Crippen molar-refractivity contribution in [2.75, 3.05) is 0 Å². The fourth-order valence-corrected chi connectivity index (χ4v) is 5.72. The molecule has 0 unspecified atom stereocenters. The van der Waals surface area contributed by atoms with Gasteiger partial charge in [0.1, 0.15) is 11.5 Å². The highest BCUT2D eigenvalue weighted by atomic mass is 16.3. The molecule has 0 aliphatic rings. The van der Waals surface area contributed by atoms with Crippen molar-refractivity contribution < 1.29 is 10.2 Å². The Balaban J connectivity index is 2.23. The lowest BCUT2D eigenvalue weighted by molar-refractivity contribution is 0.239. The Labute approximate surface area is 269 Å². The zero-order valence-electron chi connectivity index (χ0n) is 30.0. The molecule has 0 spiro atoms. The minimum atomic E-state index is -0.151. The third-order valence-electron chi connectivity index (χ3n) is 11.0. The molecule has 0 heterocycles. The second-order valence-electron chi connectivity index (χ2n) is 15.6. The molecule has 0 amide bonds. The van der Waals surface area contributed by atoms with Crippen LogP contribution in [0.15, 0.2) is 54.6 Å². The van der Waals surface area contributed by atoms with E-state index in [0.717, 1.165) is 47.9 Å². The van der Waals surface area contributed by atoms with E-state index in [2.05, 4.69) is 143 Å². The van der Waals surface area contributed by atoms with Crippen molar-refractivity contribution in [3.63, 3.8) is 0 Å². The van der Waals surface area contributed by atoms with Gasteiger partial charge in [-0.1, -0.05) is 138 Å². The van der Waals surface area contributed by atoms with Crippen LogP contribution in [0, 0.1) is 0 Å². The largest absolute Gasteiger partial charge is 0.507 e. The van der Waals surface area contributed by atoms with Gasteiger partial charge in [-0.25, -0.2) is 0 Å². The van der Waals surface area contributed by atoms with Gasteiger partial charge in [0.15, 0.2) is 0 Å².